The third-order valence-corrected chi connectivity index (χ3v) is 19.1. The summed E-state index contributed by atoms with van der Waals surface area (Å²) in [6.45, 7) is 4.43. The van der Waals surface area contributed by atoms with Crippen LogP contribution in [0.5, 0.6) is 0 Å². The van der Waals surface area contributed by atoms with Crippen molar-refractivity contribution in [2.75, 3.05) is 0 Å². The van der Waals surface area contributed by atoms with Crippen LogP contribution in [0.3, 0.4) is 0 Å². The summed E-state index contributed by atoms with van der Waals surface area (Å²) in [6.07, 6.45) is 5.63. The van der Waals surface area contributed by atoms with Crippen LogP contribution in [0.2, 0.25) is 0 Å². The van der Waals surface area contributed by atoms with Gasteiger partial charge in [0.1, 0.15) is 0 Å². The molecule has 5 rings (SSSR count). The molecule has 0 heterocycles. The molecular weight excluding hydrogens is 486 g/mol. The van der Waals surface area contributed by atoms with Gasteiger partial charge in [-0.25, -0.2) is 0 Å². The van der Waals surface area contributed by atoms with Crippen LogP contribution in [-0.2, 0) is 17.9 Å². The zero-order chi connectivity index (χ0) is 20.9. The Morgan fingerprint density at radius 1 is 0.767 bits per heavy atom. The van der Waals surface area contributed by atoms with Crippen LogP contribution in [0.4, 0.5) is 0 Å². The molecule has 0 fully saturated rings. The van der Waals surface area contributed by atoms with Gasteiger partial charge < -0.3 is 0 Å². The molecule has 2 atom stereocenters. The summed E-state index contributed by atoms with van der Waals surface area (Å²) in [6, 6.07) is 25.9. The summed E-state index contributed by atoms with van der Waals surface area (Å²) in [5, 5.41) is 0. The number of hydrogen-bond acceptors (Lipinski definition) is 0. The van der Waals surface area contributed by atoms with E-state index in [1.54, 1.807) is 0 Å². The summed E-state index contributed by atoms with van der Waals surface area (Å²) in [4.78, 5) is 0. The van der Waals surface area contributed by atoms with Crippen molar-refractivity contribution < 1.29 is 17.9 Å². The molecule has 0 saturated heterocycles. The van der Waals surface area contributed by atoms with Crippen molar-refractivity contribution in [1.29, 1.82) is 0 Å². The van der Waals surface area contributed by atoms with Gasteiger partial charge in [-0.05, 0) is 0 Å². The molecule has 3 heteroatoms. The van der Waals surface area contributed by atoms with Gasteiger partial charge in [0.25, 0.3) is 0 Å². The number of allylic oxidation sites excluding steroid dienone is 2. The fourth-order valence-electron chi connectivity index (χ4n) is 5.25. The summed E-state index contributed by atoms with van der Waals surface area (Å²) in [7, 11) is 15.1. The van der Waals surface area contributed by atoms with Gasteiger partial charge in [-0.15, -0.1) is 0 Å². The summed E-state index contributed by atoms with van der Waals surface area (Å²) in [5.41, 5.74) is 10.5. The molecule has 0 nitrogen and oxygen atoms in total. The predicted octanol–water partition coefficient (Wildman–Crippen LogP) is 8.82. The molecule has 0 aliphatic heterocycles. The van der Waals surface area contributed by atoms with Crippen LogP contribution < -0.4 is 0 Å². The molecule has 30 heavy (non-hydrogen) atoms. The van der Waals surface area contributed by atoms with Crippen LogP contribution in [0.15, 0.2) is 83.9 Å². The first-order chi connectivity index (χ1) is 14.5. The van der Waals surface area contributed by atoms with Crippen LogP contribution in [-0.4, -0.2) is 0 Å². The number of fused-ring (bicyclic) bond motifs is 2. The molecule has 0 spiro atoms. The minimum absolute atomic E-state index is 0.172. The zero-order valence-electron chi connectivity index (χ0n) is 17.2. The molecule has 2 aliphatic carbocycles. The van der Waals surface area contributed by atoms with Gasteiger partial charge in [0.05, 0.1) is 0 Å². The van der Waals surface area contributed by atoms with Crippen LogP contribution in [0.1, 0.15) is 49.8 Å². The van der Waals surface area contributed by atoms with E-state index in [0.29, 0.717) is 0 Å². The van der Waals surface area contributed by atoms with Gasteiger partial charge in [0.15, 0.2) is 0 Å². The van der Waals surface area contributed by atoms with Crippen molar-refractivity contribution in [2.45, 2.75) is 27.5 Å². The van der Waals surface area contributed by atoms with Crippen molar-refractivity contribution in [1.82, 2.24) is 0 Å². The Kier molecular flexibility index (Phi) is 5.43. The van der Waals surface area contributed by atoms with Gasteiger partial charge in [-0.3, -0.25) is 0 Å². The molecule has 3 aromatic rings. The van der Waals surface area contributed by atoms with E-state index in [4.69, 9.17) is 17.0 Å². The van der Waals surface area contributed by atoms with E-state index < -0.39 is 17.9 Å². The van der Waals surface area contributed by atoms with E-state index in [1.807, 2.05) is 0 Å². The molecule has 0 radical (unpaired) electrons. The van der Waals surface area contributed by atoms with Gasteiger partial charge in [-0.1, -0.05) is 0 Å². The average molecular weight is 511 g/mol. The van der Waals surface area contributed by atoms with E-state index >= 15 is 0 Å². The van der Waals surface area contributed by atoms with E-state index in [9.17, 15) is 0 Å². The Bertz CT molecular complexity index is 1170. The number of rotatable bonds is 4. The molecule has 0 bridgehead atoms. The predicted molar refractivity (Wildman–Crippen MR) is 127 cm³/mol. The van der Waals surface area contributed by atoms with Crippen molar-refractivity contribution in [3.8, 4) is 11.1 Å². The van der Waals surface area contributed by atoms with E-state index in [1.165, 1.54) is 44.5 Å². The first kappa shape index (κ1) is 20.5. The second-order valence-electron chi connectivity index (χ2n) is 8.31. The Balaban J connectivity index is 1.65. The van der Waals surface area contributed by atoms with Gasteiger partial charge in [-0.2, -0.15) is 0 Å². The number of hydrogen-bond donors (Lipinski definition) is 0. The van der Waals surface area contributed by atoms with E-state index in [0.717, 1.165) is 6.42 Å². The maximum atomic E-state index is 7.56. The molecule has 3 aromatic carbocycles. The molecular formula is C27H24Cl2Zr. The Morgan fingerprint density at radius 3 is 2.23 bits per heavy atom. The van der Waals surface area contributed by atoms with Crippen LogP contribution in [0, 0.1) is 0 Å². The number of benzene rings is 3. The zero-order valence-corrected chi connectivity index (χ0v) is 21.2. The summed E-state index contributed by atoms with van der Waals surface area (Å²) < 4.78 is 0.357. The summed E-state index contributed by atoms with van der Waals surface area (Å²) in [5.74, 6) is 0. The Hall–Kier alpha value is -1.40. The molecule has 150 valence electrons. The Morgan fingerprint density at radius 2 is 1.47 bits per heavy atom. The first-order valence-electron chi connectivity index (χ1n) is 10.6. The summed E-state index contributed by atoms with van der Waals surface area (Å²) >= 11 is -3.74. The van der Waals surface area contributed by atoms with Gasteiger partial charge in [0.2, 0.25) is 0 Å². The van der Waals surface area contributed by atoms with Crippen molar-refractivity contribution in [3.05, 3.63) is 106 Å². The molecule has 0 aromatic heterocycles. The monoisotopic (exact) mass is 508 g/mol. The standard InChI is InChI=1S/C17H15.C10H9.2ClH.Zr/c1-2-13-11-15-9-6-10-16(17(15)12-13)14-7-4-3-5-8-14;1-8-6-9-4-2-3-5-10(9)7-8;;;/h3-12H,2H2,1H3;2-7H,1H3;2*1H;/q;;;;+2/p-2. The fourth-order valence-corrected chi connectivity index (χ4v) is 19.5. The molecule has 0 N–H and O–H groups in total. The second-order valence-corrected chi connectivity index (χ2v) is 23.0. The minimum atomic E-state index is -3.74. The van der Waals surface area contributed by atoms with Crippen molar-refractivity contribution in [3.63, 3.8) is 0 Å². The van der Waals surface area contributed by atoms with E-state index in [2.05, 4.69) is 98.8 Å². The van der Waals surface area contributed by atoms with Crippen molar-refractivity contribution >= 4 is 29.2 Å². The van der Waals surface area contributed by atoms with Crippen LogP contribution >= 0.6 is 17.0 Å². The maximum absolute atomic E-state index is 7.56. The van der Waals surface area contributed by atoms with Gasteiger partial charge >= 0.3 is 192 Å². The quantitative estimate of drug-likeness (QED) is 0.329. The molecule has 2 aliphatic rings. The SMILES string of the molecule is CCC1=Cc2c(-c3ccccc3)cccc2[CH]1[Zr]([Cl])([Cl])[CH]1C(C)=Cc2ccccc21. The van der Waals surface area contributed by atoms with Crippen LogP contribution in [0.25, 0.3) is 23.3 Å². The molecule has 2 unspecified atom stereocenters. The van der Waals surface area contributed by atoms with Crippen molar-refractivity contribution in [2.24, 2.45) is 0 Å². The normalized spacial score (nSPS) is 19.9. The van der Waals surface area contributed by atoms with E-state index in [-0.39, 0.29) is 7.25 Å². The third kappa shape index (κ3) is 3.22. The Labute approximate surface area is 190 Å². The molecule has 0 amide bonds. The third-order valence-electron chi connectivity index (χ3n) is 6.56. The topological polar surface area (TPSA) is 0 Å². The average Bonchev–Trinajstić information content (AvgIpc) is 3.31. The number of halogens is 2. The fraction of sp³-hybridized carbons (Fsp3) is 0.185. The second kappa shape index (κ2) is 7.94. The molecule has 0 saturated carbocycles. The first-order valence-corrected chi connectivity index (χ1v) is 19.7. The van der Waals surface area contributed by atoms with Gasteiger partial charge in [0, 0.05) is 0 Å².